The molecule has 0 aromatic rings. The van der Waals surface area contributed by atoms with E-state index in [4.69, 9.17) is 27.4 Å². The molecule has 1 fully saturated rings. The lowest BCUT2D eigenvalue weighted by molar-refractivity contribution is -0.141. The normalized spacial score (nSPS) is 18.0. The second-order valence-corrected chi connectivity index (χ2v) is 4.44. The van der Waals surface area contributed by atoms with E-state index in [1.165, 1.54) is 0 Å². The molecule has 0 aromatic heterocycles. The zero-order chi connectivity index (χ0) is 16.4. The first-order valence-corrected chi connectivity index (χ1v) is 6.27. The Balaban J connectivity index is 0.000000394. The molecule has 1 heterocycles. The third kappa shape index (κ3) is 9.21. The number of carbonyl (C=O) groups is 3. The predicted octanol–water partition coefficient (Wildman–Crippen LogP) is -2.34. The van der Waals surface area contributed by atoms with Crippen LogP contribution in [-0.2, 0) is 14.4 Å². The summed E-state index contributed by atoms with van der Waals surface area (Å²) < 4.78 is 0. The van der Waals surface area contributed by atoms with Crippen molar-refractivity contribution in [2.24, 2.45) is 28.1 Å². The van der Waals surface area contributed by atoms with Crippen LogP contribution in [0.3, 0.4) is 0 Å². The van der Waals surface area contributed by atoms with E-state index in [0.717, 1.165) is 0 Å². The molecule has 1 amide bonds. The van der Waals surface area contributed by atoms with Gasteiger partial charge in [-0.25, -0.2) is 0 Å². The summed E-state index contributed by atoms with van der Waals surface area (Å²) in [5.41, 5.74) is 15.3. The van der Waals surface area contributed by atoms with Gasteiger partial charge in [0.05, 0.1) is 5.92 Å². The highest BCUT2D eigenvalue weighted by Gasteiger charge is 2.26. The van der Waals surface area contributed by atoms with Gasteiger partial charge < -0.3 is 32.7 Å². The third-order valence-electron chi connectivity index (χ3n) is 2.61. The Morgan fingerprint density at radius 1 is 1.38 bits per heavy atom. The van der Waals surface area contributed by atoms with Gasteiger partial charge in [0.2, 0.25) is 5.91 Å². The summed E-state index contributed by atoms with van der Waals surface area (Å²) in [5.74, 6) is -2.55. The molecule has 120 valence electrons. The number of carboxylic acid groups (broad SMARTS) is 2. The van der Waals surface area contributed by atoms with E-state index in [1.54, 1.807) is 0 Å². The standard InChI is InChI=1S/C6H14N4O2.C5H7NO3/c7-4(5(11)12)2-1-3-10-6(8)9;7-4-1-3(2-6-4)5(8)9/h4H,1-3,7H2,(H,11,12)(H4,8,9,10);3H,1-2H2,(H,6,7)(H,8,9). The van der Waals surface area contributed by atoms with Crippen molar-refractivity contribution in [3.05, 3.63) is 0 Å². The van der Waals surface area contributed by atoms with Gasteiger partial charge in [-0.05, 0) is 12.8 Å². The van der Waals surface area contributed by atoms with Crippen LogP contribution in [0.4, 0.5) is 0 Å². The molecule has 0 aromatic carbocycles. The maximum absolute atomic E-state index is 10.4. The lowest BCUT2D eigenvalue weighted by Gasteiger charge is -2.03. The predicted molar refractivity (Wildman–Crippen MR) is 74.3 cm³/mol. The van der Waals surface area contributed by atoms with Crippen LogP contribution < -0.4 is 22.5 Å². The van der Waals surface area contributed by atoms with Gasteiger partial charge >= 0.3 is 11.9 Å². The van der Waals surface area contributed by atoms with E-state index in [0.29, 0.717) is 19.4 Å². The highest BCUT2D eigenvalue weighted by molar-refractivity contribution is 5.85. The SMILES string of the molecule is NC(N)=NCCCC(N)C(=O)O.O=C1CC(C(=O)O)CN1. The van der Waals surface area contributed by atoms with Crippen LogP contribution in [0, 0.1) is 5.92 Å². The van der Waals surface area contributed by atoms with Gasteiger partial charge in [-0.15, -0.1) is 0 Å². The van der Waals surface area contributed by atoms with Crippen LogP contribution in [0.1, 0.15) is 19.3 Å². The number of carbonyl (C=O) groups excluding carboxylic acids is 1. The van der Waals surface area contributed by atoms with Crippen molar-refractivity contribution in [2.75, 3.05) is 13.1 Å². The largest absolute Gasteiger partial charge is 0.481 e. The van der Waals surface area contributed by atoms with Gasteiger partial charge in [0.25, 0.3) is 0 Å². The summed E-state index contributed by atoms with van der Waals surface area (Å²) >= 11 is 0. The minimum absolute atomic E-state index is 0.0129. The molecule has 2 atom stereocenters. The molecule has 0 radical (unpaired) electrons. The molecule has 1 saturated heterocycles. The number of nitrogens with two attached hydrogens (primary N) is 3. The van der Waals surface area contributed by atoms with E-state index in [9.17, 15) is 14.4 Å². The van der Waals surface area contributed by atoms with E-state index < -0.39 is 23.9 Å². The quantitative estimate of drug-likeness (QED) is 0.178. The molecule has 21 heavy (non-hydrogen) atoms. The van der Waals surface area contributed by atoms with E-state index in [2.05, 4.69) is 10.3 Å². The minimum atomic E-state index is -1.00. The fraction of sp³-hybridized carbons (Fsp3) is 0.636. The molecule has 0 spiro atoms. The van der Waals surface area contributed by atoms with Gasteiger partial charge in [-0.2, -0.15) is 0 Å². The molecule has 2 unspecified atom stereocenters. The number of nitrogens with one attached hydrogen (secondary N) is 1. The van der Waals surface area contributed by atoms with Crippen LogP contribution in [0.15, 0.2) is 4.99 Å². The Morgan fingerprint density at radius 2 is 2.00 bits per heavy atom. The Bertz CT molecular complexity index is 408. The molecular formula is C11H21N5O5. The second-order valence-electron chi connectivity index (χ2n) is 4.44. The maximum Gasteiger partial charge on any atom is 0.320 e. The Hall–Kier alpha value is -2.36. The number of hydrogen-bond donors (Lipinski definition) is 6. The van der Waals surface area contributed by atoms with E-state index in [1.807, 2.05) is 0 Å². The number of rotatable bonds is 6. The monoisotopic (exact) mass is 303 g/mol. The Morgan fingerprint density at radius 3 is 2.33 bits per heavy atom. The number of carboxylic acids is 2. The maximum atomic E-state index is 10.4. The van der Waals surface area contributed by atoms with Crippen LogP contribution >= 0.6 is 0 Å². The van der Waals surface area contributed by atoms with Gasteiger partial charge in [0.15, 0.2) is 5.96 Å². The average Bonchev–Trinajstić information content (AvgIpc) is 2.81. The lowest BCUT2D eigenvalue weighted by atomic mass is 10.1. The first kappa shape index (κ1) is 18.6. The molecule has 0 bridgehead atoms. The summed E-state index contributed by atoms with van der Waals surface area (Å²) in [7, 11) is 0. The Labute approximate surface area is 121 Å². The number of nitrogens with zero attached hydrogens (tertiary/aromatic N) is 1. The summed E-state index contributed by atoms with van der Waals surface area (Å²) in [4.78, 5) is 34.4. The molecule has 1 aliphatic heterocycles. The number of amides is 1. The van der Waals surface area contributed by atoms with E-state index in [-0.39, 0.29) is 24.8 Å². The molecule has 1 rings (SSSR count). The molecule has 0 aliphatic carbocycles. The summed E-state index contributed by atoms with van der Waals surface area (Å²) in [6.45, 7) is 0.706. The lowest BCUT2D eigenvalue weighted by Crippen LogP contribution is -2.30. The van der Waals surface area contributed by atoms with Gasteiger partial charge in [0, 0.05) is 19.5 Å². The topological polar surface area (TPSA) is 194 Å². The van der Waals surface area contributed by atoms with Gasteiger partial charge in [-0.1, -0.05) is 0 Å². The number of aliphatic imine (C=N–C) groups is 1. The fourth-order valence-electron chi connectivity index (χ4n) is 1.42. The molecule has 10 nitrogen and oxygen atoms in total. The van der Waals surface area contributed by atoms with Crippen LogP contribution in [0.5, 0.6) is 0 Å². The third-order valence-corrected chi connectivity index (χ3v) is 2.61. The van der Waals surface area contributed by atoms with Crippen molar-refractivity contribution < 1.29 is 24.6 Å². The van der Waals surface area contributed by atoms with Crippen molar-refractivity contribution in [1.82, 2.24) is 5.32 Å². The number of hydrogen-bond acceptors (Lipinski definition) is 5. The first-order valence-electron chi connectivity index (χ1n) is 6.27. The number of guanidine groups is 1. The highest BCUT2D eigenvalue weighted by Crippen LogP contribution is 2.07. The summed E-state index contributed by atoms with van der Waals surface area (Å²) in [6.07, 6.45) is 1.09. The molecule has 10 heteroatoms. The van der Waals surface area contributed by atoms with Crippen LogP contribution in [-0.4, -0.2) is 53.1 Å². The molecule has 9 N–H and O–H groups in total. The van der Waals surface area contributed by atoms with Gasteiger partial charge in [0.1, 0.15) is 6.04 Å². The minimum Gasteiger partial charge on any atom is -0.481 e. The van der Waals surface area contributed by atoms with Crippen LogP contribution in [0.25, 0.3) is 0 Å². The van der Waals surface area contributed by atoms with Crippen molar-refractivity contribution >= 4 is 23.8 Å². The molecular weight excluding hydrogens is 282 g/mol. The zero-order valence-corrected chi connectivity index (χ0v) is 11.5. The van der Waals surface area contributed by atoms with Crippen molar-refractivity contribution in [2.45, 2.75) is 25.3 Å². The summed E-state index contributed by atoms with van der Waals surface area (Å²) in [6, 6.07) is -0.820. The first-order chi connectivity index (χ1) is 9.73. The second kappa shape index (κ2) is 9.53. The molecule has 0 saturated carbocycles. The van der Waals surface area contributed by atoms with E-state index >= 15 is 0 Å². The number of aliphatic carboxylic acids is 2. The van der Waals surface area contributed by atoms with Crippen LogP contribution in [0.2, 0.25) is 0 Å². The Kier molecular flexibility index (Phi) is 8.46. The van der Waals surface area contributed by atoms with Gasteiger partial charge in [-0.3, -0.25) is 19.4 Å². The average molecular weight is 303 g/mol. The molecule has 1 aliphatic rings. The smallest absolute Gasteiger partial charge is 0.320 e. The van der Waals surface area contributed by atoms with Crippen molar-refractivity contribution in [3.63, 3.8) is 0 Å². The summed E-state index contributed by atoms with van der Waals surface area (Å²) in [5, 5.41) is 19.2. The fourth-order valence-corrected chi connectivity index (χ4v) is 1.42. The zero-order valence-electron chi connectivity index (χ0n) is 11.5. The van der Waals surface area contributed by atoms with Crippen molar-refractivity contribution in [3.8, 4) is 0 Å². The highest BCUT2D eigenvalue weighted by atomic mass is 16.4. The van der Waals surface area contributed by atoms with Crippen molar-refractivity contribution in [1.29, 1.82) is 0 Å².